The Balaban J connectivity index is 1.81. The molecule has 0 fully saturated rings. The van der Waals surface area contributed by atoms with E-state index in [0.29, 0.717) is 17.3 Å². The summed E-state index contributed by atoms with van der Waals surface area (Å²) >= 11 is 6.12. The van der Waals surface area contributed by atoms with Crippen LogP contribution >= 0.6 is 11.6 Å². The Morgan fingerprint density at radius 1 is 0.900 bits per heavy atom. The van der Waals surface area contributed by atoms with Crippen molar-refractivity contribution < 1.29 is 4.74 Å². The van der Waals surface area contributed by atoms with Crippen LogP contribution in [0.2, 0.25) is 5.02 Å². The molecule has 0 heterocycles. The van der Waals surface area contributed by atoms with Gasteiger partial charge in [0.1, 0.15) is 12.4 Å². The van der Waals surface area contributed by atoms with Crippen molar-refractivity contribution in [3.63, 3.8) is 0 Å². The van der Waals surface area contributed by atoms with Gasteiger partial charge in [-0.1, -0.05) is 41.9 Å². The molecular weight excluding hydrogens is 270 g/mol. The molecule has 0 spiro atoms. The van der Waals surface area contributed by atoms with E-state index in [9.17, 15) is 0 Å². The topological polar surface area (TPSA) is 35.2 Å². The van der Waals surface area contributed by atoms with Crippen LogP contribution < -0.4 is 10.5 Å². The molecule has 0 radical (unpaired) electrons. The second-order valence-corrected chi connectivity index (χ2v) is 5.06. The first kappa shape index (κ1) is 12.8. The maximum absolute atomic E-state index is 6.12. The minimum atomic E-state index is 0.405. The molecule has 0 aliphatic rings. The molecule has 0 aromatic heterocycles. The summed E-state index contributed by atoms with van der Waals surface area (Å²) in [6.07, 6.45) is 0. The summed E-state index contributed by atoms with van der Waals surface area (Å²) in [7, 11) is 0. The lowest BCUT2D eigenvalue weighted by molar-refractivity contribution is 0.307. The molecule has 0 atom stereocenters. The Bertz CT molecular complexity index is 755. The van der Waals surface area contributed by atoms with Gasteiger partial charge in [0.2, 0.25) is 0 Å². The summed E-state index contributed by atoms with van der Waals surface area (Å²) in [5.41, 5.74) is 7.33. The van der Waals surface area contributed by atoms with Gasteiger partial charge in [0.25, 0.3) is 0 Å². The van der Waals surface area contributed by atoms with E-state index >= 15 is 0 Å². The molecule has 0 unspecified atom stereocenters. The number of rotatable bonds is 3. The highest BCUT2D eigenvalue weighted by molar-refractivity contribution is 6.31. The molecule has 2 N–H and O–H groups in total. The second-order valence-electron chi connectivity index (χ2n) is 4.65. The Hall–Kier alpha value is -2.19. The van der Waals surface area contributed by atoms with Crippen LogP contribution in [0.1, 0.15) is 5.56 Å². The van der Waals surface area contributed by atoms with Crippen LogP contribution in [0.4, 0.5) is 5.69 Å². The average molecular weight is 284 g/mol. The largest absolute Gasteiger partial charge is 0.489 e. The van der Waals surface area contributed by atoms with Gasteiger partial charge in [0.05, 0.1) is 0 Å². The Kier molecular flexibility index (Phi) is 3.48. The maximum Gasteiger partial charge on any atom is 0.120 e. The number of ether oxygens (including phenoxy) is 1. The smallest absolute Gasteiger partial charge is 0.120 e. The van der Waals surface area contributed by atoms with E-state index in [4.69, 9.17) is 22.1 Å². The molecule has 2 nitrogen and oxygen atoms in total. The van der Waals surface area contributed by atoms with Crippen molar-refractivity contribution in [2.24, 2.45) is 0 Å². The van der Waals surface area contributed by atoms with Crippen molar-refractivity contribution >= 4 is 28.1 Å². The van der Waals surface area contributed by atoms with Gasteiger partial charge < -0.3 is 10.5 Å². The number of nitrogen functional groups attached to an aromatic ring is 1. The minimum Gasteiger partial charge on any atom is -0.489 e. The number of benzene rings is 3. The van der Waals surface area contributed by atoms with Gasteiger partial charge >= 0.3 is 0 Å². The average Bonchev–Trinajstić information content (AvgIpc) is 2.48. The fraction of sp³-hybridized carbons (Fsp3) is 0.0588. The SMILES string of the molecule is Nc1ccc(Cl)c(COc2ccc3ccccc3c2)c1. The van der Waals surface area contributed by atoms with Crippen molar-refractivity contribution in [1.29, 1.82) is 0 Å². The highest BCUT2D eigenvalue weighted by Crippen LogP contribution is 2.24. The van der Waals surface area contributed by atoms with Crippen LogP contribution in [-0.2, 0) is 6.61 Å². The summed E-state index contributed by atoms with van der Waals surface area (Å²) in [5.74, 6) is 0.821. The minimum absolute atomic E-state index is 0.405. The van der Waals surface area contributed by atoms with E-state index in [2.05, 4.69) is 12.1 Å². The first-order chi connectivity index (χ1) is 9.72. The van der Waals surface area contributed by atoms with Gasteiger partial charge in [0.15, 0.2) is 0 Å². The van der Waals surface area contributed by atoms with Crippen LogP contribution in [-0.4, -0.2) is 0 Å². The lowest BCUT2D eigenvalue weighted by Gasteiger charge is -2.09. The van der Waals surface area contributed by atoms with Crippen molar-refractivity contribution in [3.05, 3.63) is 71.2 Å². The first-order valence-corrected chi connectivity index (χ1v) is 6.76. The van der Waals surface area contributed by atoms with E-state index in [1.807, 2.05) is 36.4 Å². The highest BCUT2D eigenvalue weighted by atomic mass is 35.5. The number of hydrogen-bond acceptors (Lipinski definition) is 2. The van der Waals surface area contributed by atoms with Gasteiger partial charge in [-0.05, 0) is 41.1 Å². The zero-order valence-electron chi connectivity index (χ0n) is 10.8. The molecule has 3 aromatic rings. The lowest BCUT2D eigenvalue weighted by atomic mass is 10.1. The van der Waals surface area contributed by atoms with Gasteiger partial charge in [0, 0.05) is 16.3 Å². The van der Waals surface area contributed by atoms with Crippen molar-refractivity contribution in [1.82, 2.24) is 0 Å². The summed E-state index contributed by atoms with van der Waals surface area (Å²) in [4.78, 5) is 0. The van der Waals surface area contributed by atoms with Crippen LogP contribution in [0.5, 0.6) is 5.75 Å². The standard InChI is InChI=1S/C17H14ClNO/c18-17-8-6-15(19)9-14(17)11-20-16-7-5-12-3-1-2-4-13(12)10-16/h1-10H,11,19H2. The maximum atomic E-state index is 6.12. The number of fused-ring (bicyclic) bond motifs is 1. The Morgan fingerprint density at radius 2 is 1.70 bits per heavy atom. The van der Waals surface area contributed by atoms with Gasteiger partial charge in [-0.2, -0.15) is 0 Å². The molecule has 0 bridgehead atoms. The quantitative estimate of drug-likeness (QED) is 0.710. The zero-order valence-corrected chi connectivity index (χ0v) is 11.6. The third kappa shape index (κ3) is 2.70. The normalized spacial score (nSPS) is 10.7. The predicted molar refractivity (Wildman–Crippen MR) is 84.1 cm³/mol. The molecule has 100 valence electrons. The van der Waals surface area contributed by atoms with Gasteiger partial charge in [-0.3, -0.25) is 0 Å². The van der Waals surface area contributed by atoms with Crippen molar-refractivity contribution in [2.75, 3.05) is 5.73 Å². The monoisotopic (exact) mass is 283 g/mol. The molecule has 20 heavy (non-hydrogen) atoms. The predicted octanol–water partition coefficient (Wildman–Crippen LogP) is 4.65. The van der Waals surface area contributed by atoms with Crippen LogP contribution in [0.15, 0.2) is 60.7 Å². The number of hydrogen-bond donors (Lipinski definition) is 1. The van der Waals surface area contributed by atoms with E-state index in [0.717, 1.165) is 16.7 Å². The fourth-order valence-electron chi connectivity index (χ4n) is 2.12. The van der Waals surface area contributed by atoms with Crippen LogP contribution in [0, 0.1) is 0 Å². The van der Waals surface area contributed by atoms with Crippen molar-refractivity contribution in [2.45, 2.75) is 6.61 Å². The van der Waals surface area contributed by atoms with Gasteiger partial charge in [-0.15, -0.1) is 0 Å². The zero-order chi connectivity index (χ0) is 13.9. The van der Waals surface area contributed by atoms with E-state index in [1.54, 1.807) is 12.1 Å². The summed E-state index contributed by atoms with van der Waals surface area (Å²) in [6.45, 7) is 0.405. The molecule has 0 aliphatic carbocycles. The van der Waals surface area contributed by atoms with Gasteiger partial charge in [-0.25, -0.2) is 0 Å². The Labute approximate surface area is 122 Å². The summed E-state index contributed by atoms with van der Waals surface area (Å²) in [5, 5.41) is 3.02. The van der Waals surface area contributed by atoms with Crippen LogP contribution in [0.3, 0.4) is 0 Å². The van der Waals surface area contributed by atoms with E-state index < -0.39 is 0 Å². The van der Waals surface area contributed by atoms with Crippen LogP contribution in [0.25, 0.3) is 10.8 Å². The fourth-order valence-corrected chi connectivity index (χ4v) is 2.30. The summed E-state index contributed by atoms with van der Waals surface area (Å²) in [6, 6.07) is 19.6. The molecule has 0 saturated heterocycles. The molecule has 0 saturated carbocycles. The third-order valence-corrected chi connectivity index (χ3v) is 3.55. The molecule has 0 amide bonds. The summed E-state index contributed by atoms with van der Waals surface area (Å²) < 4.78 is 5.80. The molecule has 3 rings (SSSR count). The third-order valence-electron chi connectivity index (χ3n) is 3.19. The van der Waals surface area contributed by atoms with E-state index in [-0.39, 0.29) is 0 Å². The second kappa shape index (κ2) is 5.43. The molecule has 3 aromatic carbocycles. The number of anilines is 1. The molecular formula is C17H14ClNO. The number of nitrogens with two attached hydrogens (primary N) is 1. The first-order valence-electron chi connectivity index (χ1n) is 6.38. The molecule has 3 heteroatoms. The Morgan fingerprint density at radius 3 is 2.55 bits per heavy atom. The lowest BCUT2D eigenvalue weighted by Crippen LogP contribution is -1.97. The highest BCUT2D eigenvalue weighted by Gasteiger charge is 2.03. The van der Waals surface area contributed by atoms with Crippen molar-refractivity contribution in [3.8, 4) is 5.75 Å². The molecule has 0 aliphatic heterocycles. The number of halogens is 1. The van der Waals surface area contributed by atoms with E-state index in [1.165, 1.54) is 5.39 Å².